The fourth-order valence-electron chi connectivity index (χ4n) is 3.69. The SMILES string of the molecule is CC(=O)Nc1ccc(S(=O)(=O)Oc2ccc(Cl)cc2CN(C[C@@H]2CCCO2)C(=O)NC(C)(C)C)cc1. The Hall–Kier alpha value is -2.82. The van der Waals surface area contributed by atoms with E-state index < -0.39 is 15.7 Å². The molecule has 1 fully saturated rings. The molecule has 196 valence electrons. The summed E-state index contributed by atoms with van der Waals surface area (Å²) in [6, 6.07) is 9.90. The van der Waals surface area contributed by atoms with Crippen LogP contribution >= 0.6 is 11.6 Å². The van der Waals surface area contributed by atoms with E-state index in [4.69, 9.17) is 20.5 Å². The first-order chi connectivity index (χ1) is 16.8. The second kappa shape index (κ2) is 11.5. The summed E-state index contributed by atoms with van der Waals surface area (Å²) < 4.78 is 37.2. The lowest BCUT2D eigenvalue weighted by molar-refractivity contribution is -0.114. The number of rotatable bonds is 8. The van der Waals surface area contributed by atoms with Crippen LogP contribution in [0.25, 0.3) is 0 Å². The Morgan fingerprint density at radius 1 is 1.17 bits per heavy atom. The summed E-state index contributed by atoms with van der Waals surface area (Å²) in [4.78, 5) is 25.8. The molecule has 0 aromatic heterocycles. The fraction of sp³-hybridized carbons (Fsp3) is 0.440. The van der Waals surface area contributed by atoms with Gasteiger partial charge in [0.25, 0.3) is 0 Å². The molecule has 36 heavy (non-hydrogen) atoms. The monoisotopic (exact) mass is 537 g/mol. The van der Waals surface area contributed by atoms with Crippen LogP contribution in [0, 0.1) is 0 Å². The summed E-state index contributed by atoms with van der Waals surface area (Å²) in [5.74, 6) is -0.207. The number of nitrogens with one attached hydrogen (secondary N) is 2. The molecule has 0 radical (unpaired) electrons. The Morgan fingerprint density at radius 2 is 1.86 bits per heavy atom. The summed E-state index contributed by atoms with van der Waals surface area (Å²) >= 11 is 6.22. The lowest BCUT2D eigenvalue weighted by Crippen LogP contribution is -2.50. The summed E-state index contributed by atoms with van der Waals surface area (Å²) in [6.07, 6.45) is 1.65. The number of nitrogens with zero attached hydrogens (tertiary/aromatic N) is 1. The topological polar surface area (TPSA) is 114 Å². The molecule has 1 aliphatic heterocycles. The molecular formula is C25H32ClN3O6S. The highest BCUT2D eigenvalue weighted by atomic mass is 35.5. The number of halogens is 1. The average molecular weight is 538 g/mol. The molecule has 9 nitrogen and oxygen atoms in total. The van der Waals surface area contributed by atoms with Gasteiger partial charge in [0.15, 0.2) is 0 Å². The number of amides is 3. The van der Waals surface area contributed by atoms with Crippen LogP contribution in [0.3, 0.4) is 0 Å². The van der Waals surface area contributed by atoms with Gasteiger partial charge in [-0.25, -0.2) is 4.79 Å². The zero-order valence-electron chi connectivity index (χ0n) is 20.8. The van der Waals surface area contributed by atoms with E-state index in [0.717, 1.165) is 12.8 Å². The van der Waals surface area contributed by atoms with Crippen molar-refractivity contribution in [2.24, 2.45) is 0 Å². The molecule has 1 heterocycles. The van der Waals surface area contributed by atoms with E-state index in [2.05, 4.69) is 10.6 Å². The van der Waals surface area contributed by atoms with Crippen LogP contribution in [-0.2, 0) is 26.2 Å². The molecule has 3 rings (SSSR count). The number of hydrogen-bond donors (Lipinski definition) is 2. The van der Waals surface area contributed by atoms with Crippen LogP contribution in [0.1, 0.15) is 46.1 Å². The lowest BCUT2D eigenvalue weighted by atomic mass is 10.1. The molecule has 0 unspecified atom stereocenters. The van der Waals surface area contributed by atoms with E-state index in [9.17, 15) is 18.0 Å². The second-order valence-corrected chi connectivity index (χ2v) is 11.7. The maximum atomic E-state index is 13.1. The normalized spacial score (nSPS) is 15.9. The van der Waals surface area contributed by atoms with Crippen molar-refractivity contribution in [3.8, 4) is 5.75 Å². The van der Waals surface area contributed by atoms with Crippen LogP contribution in [0.15, 0.2) is 47.4 Å². The number of anilines is 1. The smallest absolute Gasteiger partial charge is 0.339 e. The number of benzene rings is 2. The first kappa shape index (κ1) is 27.8. The van der Waals surface area contributed by atoms with Gasteiger partial charge in [0, 0.05) is 41.9 Å². The zero-order chi connectivity index (χ0) is 26.5. The molecule has 1 atom stereocenters. The summed E-state index contributed by atoms with van der Waals surface area (Å²) in [5.41, 5.74) is 0.429. The molecule has 2 aromatic carbocycles. The van der Waals surface area contributed by atoms with Gasteiger partial charge in [0.2, 0.25) is 5.91 Å². The van der Waals surface area contributed by atoms with Gasteiger partial charge in [0.1, 0.15) is 10.6 Å². The Kier molecular flexibility index (Phi) is 8.86. The molecular weight excluding hydrogens is 506 g/mol. The first-order valence-corrected chi connectivity index (χ1v) is 13.4. The van der Waals surface area contributed by atoms with Gasteiger partial charge < -0.3 is 24.5 Å². The van der Waals surface area contributed by atoms with E-state index in [1.165, 1.54) is 43.3 Å². The zero-order valence-corrected chi connectivity index (χ0v) is 22.4. The van der Waals surface area contributed by atoms with Crippen molar-refractivity contribution >= 4 is 39.3 Å². The van der Waals surface area contributed by atoms with Gasteiger partial charge in [0.05, 0.1) is 12.6 Å². The van der Waals surface area contributed by atoms with Crippen molar-refractivity contribution in [3.63, 3.8) is 0 Å². The minimum absolute atomic E-state index is 0.0613. The molecule has 2 aromatic rings. The van der Waals surface area contributed by atoms with Gasteiger partial charge in [-0.15, -0.1) is 0 Å². The third kappa shape index (κ3) is 8.11. The van der Waals surface area contributed by atoms with Gasteiger partial charge in [-0.2, -0.15) is 8.42 Å². The van der Waals surface area contributed by atoms with E-state index >= 15 is 0 Å². The Morgan fingerprint density at radius 3 is 2.44 bits per heavy atom. The number of carbonyl (C=O) groups is 2. The average Bonchev–Trinajstić information content (AvgIpc) is 3.27. The highest BCUT2D eigenvalue weighted by Gasteiger charge is 2.27. The molecule has 0 spiro atoms. The highest BCUT2D eigenvalue weighted by Crippen LogP contribution is 2.29. The Labute approximate surface area is 217 Å². The first-order valence-electron chi connectivity index (χ1n) is 11.6. The van der Waals surface area contributed by atoms with E-state index in [1.54, 1.807) is 11.0 Å². The Balaban J connectivity index is 1.86. The van der Waals surface area contributed by atoms with Crippen molar-refractivity contribution in [3.05, 3.63) is 53.1 Å². The molecule has 0 bridgehead atoms. The van der Waals surface area contributed by atoms with Crippen molar-refractivity contribution in [1.29, 1.82) is 0 Å². The molecule has 1 saturated heterocycles. The molecule has 2 N–H and O–H groups in total. The van der Waals surface area contributed by atoms with Crippen LogP contribution in [-0.4, -0.2) is 50.1 Å². The maximum absolute atomic E-state index is 13.1. The number of hydrogen-bond acceptors (Lipinski definition) is 6. The van der Waals surface area contributed by atoms with E-state index in [1.807, 2.05) is 20.8 Å². The highest BCUT2D eigenvalue weighted by molar-refractivity contribution is 7.87. The standard InChI is InChI=1S/C25H32ClN3O6S/c1-17(30)27-20-8-10-22(11-9-20)36(32,33)35-23-12-7-19(26)14-18(23)15-29(16-21-6-5-13-34-21)24(31)28-25(2,3)4/h7-12,14,21H,5-6,13,15-16H2,1-4H3,(H,27,30)(H,28,31)/t21-/m0/s1. The minimum Gasteiger partial charge on any atom is -0.379 e. The molecule has 3 amide bonds. The largest absolute Gasteiger partial charge is 0.379 e. The third-order valence-electron chi connectivity index (χ3n) is 5.26. The fourth-order valence-corrected chi connectivity index (χ4v) is 4.85. The number of urea groups is 1. The van der Waals surface area contributed by atoms with E-state index in [0.29, 0.717) is 29.4 Å². The summed E-state index contributed by atoms with van der Waals surface area (Å²) in [6.45, 7) is 8.05. The summed E-state index contributed by atoms with van der Waals surface area (Å²) in [7, 11) is -4.20. The Bertz CT molecular complexity index is 1190. The van der Waals surface area contributed by atoms with Crippen molar-refractivity contribution in [2.75, 3.05) is 18.5 Å². The van der Waals surface area contributed by atoms with Crippen LogP contribution in [0.4, 0.5) is 10.5 Å². The van der Waals surface area contributed by atoms with Gasteiger partial charge in [-0.3, -0.25) is 4.79 Å². The number of ether oxygens (including phenoxy) is 1. The quantitative estimate of drug-likeness (QED) is 0.477. The van der Waals surface area contributed by atoms with Crippen molar-refractivity contribution < 1.29 is 26.9 Å². The molecule has 0 aliphatic carbocycles. The summed E-state index contributed by atoms with van der Waals surface area (Å²) in [5, 5.41) is 5.91. The minimum atomic E-state index is -4.20. The lowest BCUT2D eigenvalue weighted by Gasteiger charge is -2.30. The predicted molar refractivity (Wildman–Crippen MR) is 138 cm³/mol. The second-order valence-electron chi connectivity index (χ2n) is 9.69. The van der Waals surface area contributed by atoms with Crippen LogP contribution in [0.2, 0.25) is 5.02 Å². The van der Waals surface area contributed by atoms with Crippen molar-refractivity contribution in [1.82, 2.24) is 10.2 Å². The van der Waals surface area contributed by atoms with Crippen LogP contribution < -0.4 is 14.8 Å². The maximum Gasteiger partial charge on any atom is 0.339 e. The predicted octanol–water partition coefficient (Wildman–Crippen LogP) is 4.56. The van der Waals surface area contributed by atoms with Gasteiger partial charge in [-0.05, 0) is 76.1 Å². The van der Waals surface area contributed by atoms with E-state index in [-0.39, 0.29) is 35.2 Å². The third-order valence-corrected chi connectivity index (χ3v) is 6.75. The molecule has 11 heteroatoms. The van der Waals surface area contributed by atoms with Gasteiger partial charge >= 0.3 is 16.1 Å². The molecule has 0 saturated carbocycles. The van der Waals surface area contributed by atoms with Crippen molar-refractivity contribution in [2.45, 2.75) is 63.6 Å². The van der Waals surface area contributed by atoms with Gasteiger partial charge in [-0.1, -0.05) is 11.6 Å². The number of carbonyl (C=O) groups excluding carboxylic acids is 2. The van der Waals surface area contributed by atoms with Crippen LogP contribution in [0.5, 0.6) is 5.75 Å². The molecule has 1 aliphatic rings.